The Kier molecular flexibility index (Phi) is 5.36. The number of aromatic nitrogens is 2. The summed E-state index contributed by atoms with van der Waals surface area (Å²) in [5.41, 5.74) is -0.792. The number of phenolic OH excluding ortho intramolecular Hbond substituents is 1. The van der Waals surface area contributed by atoms with Gasteiger partial charge >= 0.3 is 6.18 Å². The molecule has 140 valence electrons. The number of aromatic hydroxyl groups is 1. The monoisotopic (exact) mass is 395 g/mol. The molecule has 0 aliphatic carbocycles. The fourth-order valence-corrected chi connectivity index (χ4v) is 2.75. The van der Waals surface area contributed by atoms with Gasteiger partial charge in [0.2, 0.25) is 5.91 Å². The summed E-state index contributed by atoms with van der Waals surface area (Å²) in [5.74, 6) is -0.556. The molecular formula is C17H12F3N3O3S. The summed E-state index contributed by atoms with van der Waals surface area (Å²) in [6.45, 7) is 0. The summed E-state index contributed by atoms with van der Waals surface area (Å²) in [7, 11) is 0. The van der Waals surface area contributed by atoms with E-state index in [1.165, 1.54) is 30.5 Å². The Labute approximate surface area is 155 Å². The number of thioether (sulfide) groups is 1. The van der Waals surface area contributed by atoms with E-state index in [2.05, 4.69) is 15.3 Å². The largest absolute Gasteiger partial charge is 0.508 e. The van der Waals surface area contributed by atoms with Crippen LogP contribution in [0.2, 0.25) is 0 Å². The fraction of sp³-hybridized carbons (Fsp3) is 0.118. The Hall–Kier alpha value is -3.01. The summed E-state index contributed by atoms with van der Waals surface area (Å²) in [6.07, 6.45) is -3.34. The van der Waals surface area contributed by atoms with E-state index in [0.717, 1.165) is 17.8 Å². The molecule has 0 saturated heterocycles. The molecule has 6 nitrogen and oxygen atoms in total. The predicted molar refractivity (Wildman–Crippen MR) is 92.2 cm³/mol. The zero-order valence-corrected chi connectivity index (χ0v) is 14.3. The van der Waals surface area contributed by atoms with Crippen molar-refractivity contribution in [3.8, 4) is 17.2 Å². The molecule has 0 radical (unpaired) electrons. The van der Waals surface area contributed by atoms with Crippen LogP contribution < -0.4 is 5.32 Å². The number of furan rings is 1. The molecule has 0 atom stereocenters. The molecule has 1 aromatic carbocycles. The minimum absolute atomic E-state index is 0.0234. The first-order valence-electron chi connectivity index (χ1n) is 7.53. The van der Waals surface area contributed by atoms with Crippen LogP contribution in [0.5, 0.6) is 5.75 Å². The van der Waals surface area contributed by atoms with Crippen molar-refractivity contribution in [3.63, 3.8) is 0 Å². The molecule has 10 heteroatoms. The molecule has 0 bridgehead atoms. The van der Waals surface area contributed by atoms with E-state index in [1.807, 2.05) is 0 Å². The first-order valence-corrected chi connectivity index (χ1v) is 8.51. The molecule has 0 spiro atoms. The number of rotatable bonds is 5. The third kappa shape index (κ3) is 5.00. The van der Waals surface area contributed by atoms with Crippen LogP contribution in [0, 0.1) is 0 Å². The Morgan fingerprint density at radius 3 is 2.67 bits per heavy atom. The number of benzene rings is 1. The van der Waals surface area contributed by atoms with Crippen molar-refractivity contribution < 1.29 is 27.5 Å². The van der Waals surface area contributed by atoms with Crippen molar-refractivity contribution in [3.05, 3.63) is 54.4 Å². The molecule has 0 aliphatic rings. The second-order valence-corrected chi connectivity index (χ2v) is 6.23. The lowest BCUT2D eigenvalue weighted by molar-refractivity contribution is -0.141. The molecule has 0 aliphatic heterocycles. The van der Waals surface area contributed by atoms with Crippen molar-refractivity contribution in [1.29, 1.82) is 0 Å². The Morgan fingerprint density at radius 1 is 1.19 bits per heavy atom. The molecule has 1 amide bonds. The van der Waals surface area contributed by atoms with Crippen molar-refractivity contribution >= 4 is 23.4 Å². The maximum atomic E-state index is 13.1. The Bertz CT molecular complexity index is 946. The predicted octanol–water partition coefficient (Wildman–Crippen LogP) is 4.19. The Balaban J connectivity index is 1.75. The lowest BCUT2D eigenvalue weighted by Gasteiger charge is -2.09. The van der Waals surface area contributed by atoms with Gasteiger partial charge in [-0.3, -0.25) is 4.79 Å². The number of hydrogen-bond donors (Lipinski definition) is 2. The Morgan fingerprint density at radius 2 is 2.00 bits per heavy atom. The quantitative estimate of drug-likeness (QED) is 0.497. The molecule has 2 heterocycles. The van der Waals surface area contributed by atoms with Crippen LogP contribution in [0.4, 0.5) is 18.9 Å². The van der Waals surface area contributed by atoms with Gasteiger partial charge in [0.1, 0.15) is 17.1 Å². The van der Waals surface area contributed by atoms with Crippen LogP contribution in [0.15, 0.2) is 58.3 Å². The zero-order valence-electron chi connectivity index (χ0n) is 13.5. The van der Waals surface area contributed by atoms with Crippen LogP contribution in [-0.2, 0) is 11.0 Å². The van der Waals surface area contributed by atoms with Crippen LogP contribution in [0.25, 0.3) is 11.5 Å². The van der Waals surface area contributed by atoms with Crippen molar-refractivity contribution in [2.75, 3.05) is 11.1 Å². The van der Waals surface area contributed by atoms with E-state index in [0.29, 0.717) is 5.69 Å². The highest BCUT2D eigenvalue weighted by atomic mass is 32.2. The van der Waals surface area contributed by atoms with E-state index < -0.39 is 17.8 Å². The lowest BCUT2D eigenvalue weighted by atomic mass is 10.2. The highest BCUT2D eigenvalue weighted by Gasteiger charge is 2.34. The number of carbonyl (C=O) groups excluding carboxylic acids is 1. The highest BCUT2D eigenvalue weighted by molar-refractivity contribution is 7.99. The molecular weight excluding hydrogens is 383 g/mol. The van der Waals surface area contributed by atoms with Crippen LogP contribution in [0.1, 0.15) is 5.69 Å². The second-order valence-electron chi connectivity index (χ2n) is 5.28. The SMILES string of the molecule is O=C(CSc1nc(-c2ccco2)cc(C(F)(F)F)n1)Nc1cccc(O)c1. The van der Waals surface area contributed by atoms with E-state index in [1.54, 1.807) is 12.1 Å². The zero-order chi connectivity index (χ0) is 19.4. The molecule has 0 saturated carbocycles. The maximum absolute atomic E-state index is 13.1. The van der Waals surface area contributed by atoms with Crippen molar-refractivity contribution in [1.82, 2.24) is 9.97 Å². The van der Waals surface area contributed by atoms with E-state index >= 15 is 0 Å². The first-order chi connectivity index (χ1) is 12.8. The molecule has 27 heavy (non-hydrogen) atoms. The number of phenols is 1. The third-order valence-electron chi connectivity index (χ3n) is 3.23. The summed E-state index contributed by atoms with van der Waals surface area (Å²) >= 11 is 0.755. The number of halogens is 3. The van der Waals surface area contributed by atoms with Gasteiger partial charge in [-0.15, -0.1) is 0 Å². The average molecular weight is 395 g/mol. The van der Waals surface area contributed by atoms with Gasteiger partial charge in [0.25, 0.3) is 0 Å². The number of anilines is 1. The standard InChI is InChI=1S/C17H12F3N3O3S/c18-17(19,20)14-8-12(13-5-2-6-26-13)22-16(23-14)27-9-15(25)21-10-3-1-4-11(24)7-10/h1-8,24H,9H2,(H,21,25). The summed E-state index contributed by atoms with van der Waals surface area (Å²) in [6, 6.07) is 9.69. The van der Waals surface area contributed by atoms with Gasteiger partial charge in [0, 0.05) is 11.8 Å². The number of hydrogen-bond acceptors (Lipinski definition) is 6. The highest BCUT2D eigenvalue weighted by Crippen LogP contribution is 2.32. The molecule has 0 unspecified atom stereocenters. The number of alkyl halides is 3. The van der Waals surface area contributed by atoms with E-state index in [4.69, 9.17) is 4.42 Å². The second kappa shape index (κ2) is 7.70. The topological polar surface area (TPSA) is 88.2 Å². The van der Waals surface area contributed by atoms with Gasteiger partial charge in [-0.25, -0.2) is 9.97 Å². The van der Waals surface area contributed by atoms with Crippen molar-refractivity contribution in [2.24, 2.45) is 0 Å². The number of nitrogens with zero attached hydrogens (tertiary/aromatic N) is 2. The smallest absolute Gasteiger partial charge is 0.433 e. The first kappa shape index (κ1) is 18.8. The van der Waals surface area contributed by atoms with Gasteiger partial charge in [-0.05, 0) is 30.3 Å². The summed E-state index contributed by atoms with van der Waals surface area (Å²) in [4.78, 5) is 19.5. The summed E-state index contributed by atoms with van der Waals surface area (Å²) in [5, 5.41) is 11.7. The van der Waals surface area contributed by atoms with E-state index in [9.17, 15) is 23.1 Å². The fourth-order valence-electron chi connectivity index (χ4n) is 2.10. The average Bonchev–Trinajstić information content (AvgIpc) is 3.14. The van der Waals surface area contributed by atoms with Crippen LogP contribution in [0.3, 0.4) is 0 Å². The van der Waals surface area contributed by atoms with Gasteiger partial charge < -0.3 is 14.8 Å². The molecule has 2 aromatic heterocycles. The van der Waals surface area contributed by atoms with E-state index in [-0.39, 0.29) is 28.1 Å². The van der Waals surface area contributed by atoms with Gasteiger partial charge in [0.15, 0.2) is 10.9 Å². The number of nitrogens with one attached hydrogen (secondary N) is 1. The molecule has 0 fully saturated rings. The van der Waals surface area contributed by atoms with Gasteiger partial charge in [-0.1, -0.05) is 17.8 Å². The maximum Gasteiger partial charge on any atom is 0.433 e. The number of amides is 1. The normalized spacial score (nSPS) is 11.4. The minimum atomic E-state index is -4.66. The minimum Gasteiger partial charge on any atom is -0.508 e. The number of carbonyl (C=O) groups is 1. The molecule has 2 N–H and O–H groups in total. The third-order valence-corrected chi connectivity index (χ3v) is 4.08. The van der Waals surface area contributed by atoms with Crippen LogP contribution >= 0.6 is 11.8 Å². The lowest BCUT2D eigenvalue weighted by Crippen LogP contribution is -2.15. The molecule has 3 aromatic rings. The summed E-state index contributed by atoms with van der Waals surface area (Å²) < 4.78 is 44.3. The van der Waals surface area contributed by atoms with Crippen LogP contribution in [-0.4, -0.2) is 26.7 Å². The molecule has 3 rings (SSSR count). The van der Waals surface area contributed by atoms with Gasteiger partial charge in [-0.2, -0.15) is 13.2 Å². The van der Waals surface area contributed by atoms with Crippen molar-refractivity contribution in [2.45, 2.75) is 11.3 Å². The van der Waals surface area contributed by atoms with Gasteiger partial charge in [0.05, 0.1) is 12.0 Å².